The van der Waals surface area contributed by atoms with Crippen LogP contribution in [0.25, 0.3) is 11.1 Å². The van der Waals surface area contributed by atoms with Crippen LogP contribution in [-0.2, 0) is 14.3 Å². The molecular weight excluding hydrogens is 392 g/mol. The van der Waals surface area contributed by atoms with Crippen molar-refractivity contribution in [1.82, 2.24) is 0 Å². The molecule has 3 aromatic carbocycles. The number of allylic oxidation sites excluding steroid dienone is 1. The number of hydrogen-bond acceptors (Lipinski definition) is 3. The third-order valence-electron chi connectivity index (χ3n) is 5.17. The van der Waals surface area contributed by atoms with Gasteiger partial charge < -0.3 is 0 Å². The van der Waals surface area contributed by atoms with E-state index in [2.05, 4.69) is 59.6 Å². The Morgan fingerprint density at radius 1 is 0.733 bits per heavy atom. The van der Waals surface area contributed by atoms with Gasteiger partial charge in [-0.25, -0.2) is 0 Å². The molecule has 3 nitrogen and oxygen atoms in total. The highest BCUT2D eigenvalue weighted by molar-refractivity contribution is 7.86. The average Bonchev–Trinajstić information content (AvgIpc) is 2.80. The van der Waals surface area contributed by atoms with Gasteiger partial charge in [-0.05, 0) is 52.8 Å². The molecule has 0 saturated carbocycles. The van der Waals surface area contributed by atoms with Crippen molar-refractivity contribution in [3.63, 3.8) is 0 Å². The summed E-state index contributed by atoms with van der Waals surface area (Å²) in [6.45, 7) is 2.20. The van der Waals surface area contributed by atoms with E-state index in [1.165, 1.54) is 18.3 Å². The van der Waals surface area contributed by atoms with Crippen LogP contribution in [0.15, 0.2) is 89.8 Å². The average molecular weight is 421 g/mol. The van der Waals surface area contributed by atoms with Gasteiger partial charge in [-0.2, -0.15) is 8.42 Å². The summed E-state index contributed by atoms with van der Waals surface area (Å²) < 4.78 is 28.7. The van der Waals surface area contributed by atoms with E-state index >= 15 is 0 Å². The molecule has 0 fully saturated rings. The Kier molecular flexibility index (Phi) is 7.61. The van der Waals surface area contributed by atoms with E-state index in [4.69, 9.17) is 0 Å². The molecular formula is C26H28O3S. The van der Waals surface area contributed by atoms with E-state index in [0.29, 0.717) is 0 Å². The van der Waals surface area contributed by atoms with Crippen molar-refractivity contribution in [2.45, 2.75) is 37.5 Å². The summed E-state index contributed by atoms with van der Waals surface area (Å²) in [6, 6.07) is 27.8. The first-order valence-electron chi connectivity index (χ1n) is 10.3. The summed E-state index contributed by atoms with van der Waals surface area (Å²) in [5, 5.41) is 0. The fourth-order valence-corrected chi connectivity index (χ4v) is 4.27. The zero-order valence-electron chi connectivity index (χ0n) is 17.5. The molecule has 0 heterocycles. The molecule has 156 valence electrons. The fraction of sp³-hybridized carbons (Fsp3) is 0.231. The zero-order valence-corrected chi connectivity index (χ0v) is 18.4. The maximum absolute atomic E-state index is 12.0. The summed E-state index contributed by atoms with van der Waals surface area (Å²) in [6.07, 6.45) is 4.29. The standard InChI is InChI=1S/C26H28O3S/c1-3-4-7-16-25(21-17-19-24(20-18-21)30(27,28)29-2)26(22-12-8-5-9-13-22)23-14-10-6-11-15-23/h5-6,8-15,17-20H,3-4,7,16H2,1-2H3. The molecule has 0 aromatic heterocycles. The molecule has 0 unspecified atom stereocenters. The van der Waals surface area contributed by atoms with Crippen LogP contribution >= 0.6 is 0 Å². The third-order valence-corrected chi connectivity index (χ3v) is 6.46. The molecule has 3 rings (SSSR count). The molecule has 0 aliphatic heterocycles. The zero-order chi connectivity index (χ0) is 21.4. The van der Waals surface area contributed by atoms with Crippen LogP contribution in [-0.4, -0.2) is 15.5 Å². The first kappa shape index (κ1) is 22.0. The number of benzene rings is 3. The van der Waals surface area contributed by atoms with E-state index in [1.807, 2.05) is 24.3 Å². The third kappa shape index (κ3) is 5.26. The second-order valence-electron chi connectivity index (χ2n) is 7.19. The Balaban J connectivity index is 2.19. The lowest BCUT2D eigenvalue weighted by molar-refractivity contribution is 0.398. The summed E-state index contributed by atoms with van der Waals surface area (Å²) in [5.74, 6) is 0. The number of rotatable bonds is 9. The van der Waals surface area contributed by atoms with E-state index in [-0.39, 0.29) is 4.90 Å². The highest BCUT2D eigenvalue weighted by Crippen LogP contribution is 2.35. The molecule has 0 spiro atoms. The van der Waals surface area contributed by atoms with Gasteiger partial charge in [0.1, 0.15) is 0 Å². The summed E-state index contributed by atoms with van der Waals surface area (Å²) in [7, 11) is -2.52. The maximum Gasteiger partial charge on any atom is 0.296 e. The van der Waals surface area contributed by atoms with Crippen LogP contribution in [0.4, 0.5) is 0 Å². The van der Waals surface area contributed by atoms with Crippen LogP contribution in [0, 0.1) is 0 Å². The molecule has 0 atom stereocenters. The van der Waals surface area contributed by atoms with E-state index in [0.717, 1.165) is 42.4 Å². The quantitative estimate of drug-likeness (QED) is 0.224. The van der Waals surface area contributed by atoms with Crippen molar-refractivity contribution in [2.75, 3.05) is 7.11 Å². The van der Waals surface area contributed by atoms with Gasteiger partial charge in [0, 0.05) is 0 Å². The Labute approximate surface area is 180 Å². The van der Waals surface area contributed by atoms with Crippen molar-refractivity contribution in [1.29, 1.82) is 0 Å². The first-order valence-corrected chi connectivity index (χ1v) is 11.7. The molecule has 0 aliphatic carbocycles. The normalized spacial score (nSPS) is 11.3. The van der Waals surface area contributed by atoms with Gasteiger partial charge in [-0.15, -0.1) is 0 Å². The van der Waals surface area contributed by atoms with Crippen molar-refractivity contribution in [2.24, 2.45) is 0 Å². The lowest BCUT2D eigenvalue weighted by Gasteiger charge is -2.18. The lowest BCUT2D eigenvalue weighted by atomic mass is 9.87. The summed E-state index contributed by atoms with van der Waals surface area (Å²) >= 11 is 0. The predicted molar refractivity (Wildman–Crippen MR) is 124 cm³/mol. The predicted octanol–water partition coefficient (Wildman–Crippen LogP) is 6.56. The highest BCUT2D eigenvalue weighted by Gasteiger charge is 2.16. The molecule has 4 heteroatoms. The van der Waals surface area contributed by atoms with Crippen molar-refractivity contribution >= 4 is 21.3 Å². The van der Waals surface area contributed by atoms with E-state index in [1.54, 1.807) is 12.1 Å². The molecule has 0 bridgehead atoms. The topological polar surface area (TPSA) is 43.4 Å². The van der Waals surface area contributed by atoms with E-state index in [9.17, 15) is 8.42 Å². The highest BCUT2D eigenvalue weighted by atomic mass is 32.2. The number of hydrogen-bond donors (Lipinski definition) is 0. The van der Waals surface area contributed by atoms with Gasteiger partial charge in [0.15, 0.2) is 0 Å². The van der Waals surface area contributed by atoms with Crippen LogP contribution in [0.3, 0.4) is 0 Å². The van der Waals surface area contributed by atoms with Gasteiger partial charge in [0.05, 0.1) is 12.0 Å². The lowest BCUT2D eigenvalue weighted by Crippen LogP contribution is -2.03. The minimum Gasteiger partial charge on any atom is -0.270 e. The minimum absolute atomic E-state index is 0.169. The molecule has 0 radical (unpaired) electrons. The van der Waals surface area contributed by atoms with Gasteiger partial charge in [-0.1, -0.05) is 92.6 Å². The van der Waals surface area contributed by atoms with Gasteiger partial charge in [-0.3, -0.25) is 4.18 Å². The maximum atomic E-state index is 12.0. The first-order chi connectivity index (χ1) is 14.6. The second-order valence-corrected chi connectivity index (χ2v) is 8.90. The van der Waals surface area contributed by atoms with Crippen LogP contribution in [0.5, 0.6) is 0 Å². The van der Waals surface area contributed by atoms with Crippen molar-refractivity contribution < 1.29 is 12.6 Å². The van der Waals surface area contributed by atoms with Gasteiger partial charge in [0.2, 0.25) is 0 Å². The Morgan fingerprint density at radius 2 is 1.27 bits per heavy atom. The number of unbranched alkanes of at least 4 members (excludes halogenated alkanes) is 2. The Morgan fingerprint density at radius 3 is 1.73 bits per heavy atom. The van der Waals surface area contributed by atoms with Gasteiger partial charge >= 0.3 is 0 Å². The summed E-state index contributed by atoms with van der Waals surface area (Å²) in [5.41, 5.74) is 5.76. The van der Waals surface area contributed by atoms with Crippen LogP contribution < -0.4 is 0 Å². The summed E-state index contributed by atoms with van der Waals surface area (Å²) in [4.78, 5) is 0.169. The van der Waals surface area contributed by atoms with Crippen LogP contribution in [0.2, 0.25) is 0 Å². The smallest absolute Gasteiger partial charge is 0.270 e. The van der Waals surface area contributed by atoms with Gasteiger partial charge in [0.25, 0.3) is 10.1 Å². The molecule has 0 N–H and O–H groups in total. The van der Waals surface area contributed by atoms with E-state index < -0.39 is 10.1 Å². The fourth-order valence-electron chi connectivity index (χ4n) is 3.61. The van der Waals surface area contributed by atoms with Crippen molar-refractivity contribution in [3.8, 4) is 0 Å². The SMILES string of the molecule is CCCCCC(=C(c1ccccc1)c1ccccc1)c1ccc(S(=O)(=O)OC)cc1. The Hall–Kier alpha value is -2.69. The molecule has 30 heavy (non-hydrogen) atoms. The van der Waals surface area contributed by atoms with Crippen molar-refractivity contribution in [3.05, 3.63) is 102 Å². The monoisotopic (exact) mass is 420 g/mol. The Bertz CT molecular complexity index is 1030. The second kappa shape index (κ2) is 10.4. The largest absolute Gasteiger partial charge is 0.296 e. The molecule has 3 aromatic rings. The molecule has 0 aliphatic rings. The molecule has 0 saturated heterocycles. The van der Waals surface area contributed by atoms with Crippen LogP contribution in [0.1, 0.15) is 49.3 Å². The molecule has 0 amide bonds. The minimum atomic E-state index is -3.70.